The second-order valence-corrected chi connectivity index (χ2v) is 8.48. The maximum absolute atomic E-state index is 5.24. The number of allylic oxidation sites excluding steroid dienone is 4. The summed E-state index contributed by atoms with van der Waals surface area (Å²) < 4.78 is 7.49. The largest absolute Gasteiger partial charge is 0.497 e. The molecule has 2 aromatic rings. The molecule has 0 bridgehead atoms. The van der Waals surface area contributed by atoms with E-state index in [-0.39, 0.29) is 0 Å². The number of fused-ring (bicyclic) bond motifs is 1. The van der Waals surface area contributed by atoms with Gasteiger partial charge in [0.2, 0.25) is 0 Å². The molecule has 0 fully saturated rings. The van der Waals surface area contributed by atoms with Gasteiger partial charge < -0.3 is 4.74 Å². The first-order valence-electron chi connectivity index (χ1n) is 8.97. The van der Waals surface area contributed by atoms with Crippen molar-refractivity contribution in [2.24, 2.45) is 0 Å². The van der Waals surface area contributed by atoms with Crippen LogP contribution in [0.3, 0.4) is 0 Å². The first-order chi connectivity index (χ1) is 13.1. The van der Waals surface area contributed by atoms with Gasteiger partial charge in [0.25, 0.3) is 0 Å². The lowest BCUT2D eigenvalue weighted by Crippen LogP contribution is -2.07. The summed E-state index contributed by atoms with van der Waals surface area (Å²) in [6, 6.07) is 8.37. The normalized spacial score (nSPS) is 17.3. The molecule has 0 saturated heterocycles. The molecule has 0 aliphatic carbocycles. The van der Waals surface area contributed by atoms with Crippen LogP contribution in [0, 0.1) is 0 Å². The van der Waals surface area contributed by atoms with Crippen LogP contribution < -0.4 is 4.74 Å². The Bertz CT molecular complexity index is 792. The fourth-order valence-electron chi connectivity index (χ4n) is 2.45. The molecule has 144 valence electrons. The van der Waals surface area contributed by atoms with Gasteiger partial charge in [-0.15, -0.1) is 16.8 Å². The minimum atomic E-state index is 0.487. The second kappa shape index (κ2) is 11.1. The van der Waals surface area contributed by atoms with Crippen molar-refractivity contribution >= 4 is 26.6 Å². The van der Waals surface area contributed by atoms with Crippen molar-refractivity contribution in [3.8, 4) is 5.75 Å². The Labute approximate surface area is 168 Å². The highest BCUT2D eigenvalue weighted by Gasteiger charge is 2.24. The van der Waals surface area contributed by atoms with Crippen molar-refractivity contribution < 1.29 is 4.74 Å². The zero-order valence-electron chi connectivity index (χ0n) is 16.5. The molecular formula is C21H28N3OPS. The lowest BCUT2D eigenvalue weighted by molar-refractivity contribution is 0.414. The van der Waals surface area contributed by atoms with Crippen LogP contribution in [-0.2, 0) is 0 Å². The van der Waals surface area contributed by atoms with Crippen LogP contribution in [0.4, 0.5) is 0 Å². The molecular weight excluding hydrogens is 373 g/mol. The molecule has 0 amide bonds. The van der Waals surface area contributed by atoms with E-state index in [2.05, 4.69) is 46.2 Å². The average molecular weight is 402 g/mol. The fourth-order valence-corrected chi connectivity index (χ4v) is 5.23. The SMILES string of the molecule is C/C=C\C.C=CC/C(C)=C/c1nnc2n1PC(c1ccc(OC)cc1)CS2. The molecule has 2 unspecified atom stereocenters. The summed E-state index contributed by atoms with van der Waals surface area (Å²) in [5.41, 5.74) is 3.08. The maximum Gasteiger partial charge on any atom is 0.194 e. The van der Waals surface area contributed by atoms with E-state index in [1.54, 1.807) is 18.9 Å². The summed E-state index contributed by atoms with van der Waals surface area (Å²) in [5.74, 6) is 2.88. The topological polar surface area (TPSA) is 39.9 Å². The number of ether oxygens (including phenoxy) is 1. The molecule has 27 heavy (non-hydrogen) atoms. The van der Waals surface area contributed by atoms with Crippen molar-refractivity contribution in [3.63, 3.8) is 0 Å². The molecule has 3 rings (SSSR count). The van der Waals surface area contributed by atoms with Gasteiger partial charge in [-0.2, -0.15) is 0 Å². The van der Waals surface area contributed by atoms with E-state index in [1.807, 2.05) is 44.2 Å². The van der Waals surface area contributed by atoms with Crippen molar-refractivity contribution in [3.05, 3.63) is 66.0 Å². The molecule has 0 saturated carbocycles. The van der Waals surface area contributed by atoms with E-state index in [0.717, 1.165) is 28.9 Å². The lowest BCUT2D eigenvalue weighted by atomic mass is 10.1. The molecule has 0 N–H and O–H groups in total. The van der Waals surface area contributed by atoms with E-state index in [1.165, 1.54) is 11.1 Å². The number of nitrogens with zero attached hydrogens (tertiary/aromatic N) is 3. The number of thioether (sulfide) groups is 1. The quantitative estimate of drug-likeness (QED) is 0.446. The van der Waals surface area contributed by atoms with E-state index in [4.69, 9.17) is 4.74 Å². The van der Waals surface area contributed by atoms with Crippen LogP contribution >= 0.6 is 20.5 Å². The second-order valence-electron chi connectivity index (χ2n) is 6.09. The smallest absolute Gasteiger partial charge is 0.194 e. The van der Waals surface area contributed by atoms with Crippen LogP contribution in [0.5, 0.6) is 5.75 Å². The predicted octanol–water partition coefficient (Wildman–Crippen LogP) is 6.14. The van der Waals surface area contributed by atoms with E-state index >= 15 is 0 Å². The number of rotatable bonds is 5. The van der Waals surface area contributed by atoms with Gasteiger partial charge in [-0.3, -0.25) is 4.34 Å². The first kappa shape index (κ1) is 21.5. The zero-order chi connectivity index (χ0) is 19.6. The number of benzene rings is 1. The van der Waals surface area contributed by atoms with Crippen LogP contribution in [-0.4, -0.2) is 27.4 Å². The Morgan fingerprint density at radius 2 is 2.00 bits per heavy atom. The molecule has 1 aliphatic heterocycles. The molecule has 4 nitrogen and oxygen atoms in total. The maximum atomic E-state index is 5.24. The minimum absolute atomic E-state index is 0.487. The monoisotopic (exact) mass is 401 g/mol. The number of hydrogen-bond acceptors (Lipinski definition) is 4. The third-order valence-electron chi connectivity index (χ3n) is 4.02. The summed E-state index contributed by atoms with van der Waals surface area (Å²) in [6.07, 6.45) is 8.90. The summed E-state index contributed by atoms with van der Waals surface area (Å²) in [5, 5.41) is 9.68. The highest BCUT2D eigenvalue weighted by Crippen LogP contribution is 2.47. The Hall–Kier alpha value is -1.84. The Morgan fingerprint density at radius 1 is 1.30 bits per heavy atom. The molecule has 2 atom stereocenters. The van der Waals surface area contributed by atoms with Gasteiger partial charge in [0.15, 0.2) is 11.0 Å². The third-order valence-corrected chi connectivity index (χ3v) is 7.04. The molecule has 1 aromatic carbocycles. The molecule has 1 aromatic heterocycles. The van der Waals surface area contributed by atoms with Crippen molar-refractivity contribution in [1.82, 2.24) is 14.5 Å². The standard InChI is InChI=1S/C17H20N3OPS.C4H8/c1-4-5-12(2)10-16-18-19-17-20(16)22-15(11-23-17)13-6-8-14(21-3)9-7-13;1-3-4-2/h4,6-10,15,22H,1,5,11H2,2-3H3;3-4H,1-2H3/b12-10+;4-3-. The van der Waals surface area contributed by atoms with Crippen LogP contribution in [0.2, 0.25) is 0 Å². The van der Waals surface area contributed by atoms with Crippen molar-refractivity contribution in [1.29, 1.82) is 0 Å². The first-order valence-corrected chi connectivity index (χ1v) is 11.0. The van der Waals surface area contributed by atoms with E-state index in [9.17, 15) is 0 Å². The van der Waals surface area contributed by atoms with Crippen LogP contribution in [0.15, 0.2) is 59.8 Å². The lowest BCUT2D eigenvalue weighted by Gasteiger charge is -2.23. The summed E-state index contributed by atoms with van der Waals surface area (Å²) in [6.45, 7) is 9.89. The Balaban J connectivity index is 0.000000596. The summed E-state index contributed by atoms with van der Waals surface area (Å²) in [7, 11) is 2.32. The fraction of sp³-hybridized carbons (Fsp3) is 0.333. The van der Waals surface area contributed by atoms with E-state index in [0.29, 0.717) is 14.4 Å². The molecule has 2 heterocycles. The predicted molar refractivity (Wildman–Crippen MR) is 119 cm³/mol. The molecule has 0 spiro atoms. The highest BCUT2D eigenvalue weighted by molar-refractivity contribution is 7.99. The Morgan fingerprint density at radius 3 is 2.59 bits per heavy atom. The third kappa shape index (κ3) is 6.08. The van der Waals surface area contributed by atoms with Gasteiger partial charge >= 0.3 is 0 Å². The Kier molecular flexibility index (Phi) is 8.83. The van der Waals surface area contributed by atoms with Crippen LogP contribution in [0.1, 0.15) is 44.2 Å². The van der Waals surface area contributed by atoms with Crippen molar-refractivity contribution in [2.45, 2.75) is 38.0 Å². The molecule has 1 aliphatic rings. The van der Waals surface area contributed by atoms with Gasteiger partial charge in [0.05, 0.1) is 7.11 Å². The average Bonchev–Trinajstić information content (AvgIpc) is 3.10. The molecule has 6 heteroatoms. The highest BCUT2D eigenvalue weighted by atomic mass is 32.2. The van der Waals surface area contributed by atoms with E-state index < -0.39 is 0 Å². The number of hydrogen-bond donors (Lipinski definition) is 0. The van der Waals surface area contributed by atoms with Gasteiger partial charge in [-0.1, -0.05) is 47.7 Å². The van der Waals surface area contributed by atoms with Crippen LogP contribution in [0.25, 0.3) is 6.08 Å². The number of aromatic nitrogens is 3. The van der Waals surface area contributed by atoms with Gasteiger partial charge in [-0.05, 0) is 59.7 Å². The minimum Gasteiger partial charge on any atom is -0.497 e. The number of methoxy groups -OCH3 is 1. The molecule has 0 radical (unpaired) electrons. The summed E-state index contributed by atoms with van der Waals surface area (Å²) in [4.78, 5) is 0. The van der Waals surface area contributed by atoms with Crippen molar-refractivity contribution in [2.75, 3.05) is 12.9 Å². The van der Waals surface area contributed by atoms with Gasteiger partial charge in [0, 0.05) is 11.4 Å². The van der Waals surface area contributed by atoms with Gasteiger partial charge in [0.1, 0.15) is 5.75 Å². The summed E-state index contributed by atoms with van der Waals surface area (Å²) >= 11 is 1.78. The van der Waals surface area contributed by atoms with Gasteiger partial charge in [-0.25, -0.2) is 0 Å². The zero-order valence-corrected chi connectivity index (χ0v) is 18.3.